The first-order valence-electron chi connectivity index (χ1n) is 10.6. The Bertz CT molecular complexity index is 664. The lowest BCUT2D eigenvalue weighted by molar-refractivity contribution is -0.123. The van der Waals surface area contributed by atoms with Gasteiger partial charge in [0.15, 0.2) is 6.61 Å². The van der Waals surface area contributed by atoms with Gasteiger partial charge in [0.2, 0.25) is 11.8 Å². The van der Waals surface area contributed by atoms with Crippen molar-refractivity contribution >= 4 is 5.91 Å². The summed E-state index contributed by atoms with van der Waals surface area (Å²) in [5.74, 6) is 2.25. The maximum Gasteiger partial charge on any atom is 0.351 e. The van der Waals surface area contributed by atoms with Crippen LogP contribution in [-0.4, -0.2) is 35.1 Å². The lowest BCUT2D eigenvalue weighted by atomic mass is 9.73. The highest BCUT2D eigenvalue weighted by molar-refractivity contribution is 5.77. The molecule has 7 nitrogen and oxygen atoms in total. The molecular weight excluding hydrogens is 358 g/mol. The van der Waals surface area contributed by atoms with E-state index in [1.807, 2.05) is 13.8 Å². The van der Waals surface area contributed by atoms with Gasteiger partial charge in [0.25, 0.3) is 5.91 Å². The van der Waals surface area contributed by atoms with E-state index in [1.54, 1.807) is 0 Å². The van der Waals surface area contributed by atoms with Crippen LogP contribution in [0.25, 0.3) is 0 Å². The minimum Gasteiger partial charge on any atom is -0.476 e. The van der Waals surface area contributed by atoms with Gasteiger partial charge in [0.05, 0.1) is 12.2 Å². The first-order chi connectivity index (χ1) is 13.4. The number of rotatable bonds is 10. The zero-order chi connectivity index (χ0) is 20.5. The Kier molecular flexibility index (Phi) is 8.80. The second-order valence-corrected chi connectivity index (χ2v) is 7.94. The van der Waals surface area contributed by atoms with Gasteiger partial charge in [0, 0.05) is 6.54 Å². The predicted molar refractivity (Wildman–Crippen MR) is 109 cm³/mol. The van der Waals surface area contributed by atoms with Crippen molar-refractivity contribution in [2.45, 2.75) is 72.3 Å². The molecule has 2 rings (SSSR count). The zero-order valence-electron chi connectivity index (χ0n) is 17.6. The number of nitrogens with one attached hydrogen (secondary N) is 2. The zero-order valence-corrected chi connectivity index (χ0v) is 17.6. The van der Waals surface area contributed by atoms with Crippen LogP contribution >= 0.6 is 0 Å². The standard InChI is InChI=1S/C21H35N3O4/c1-5-14(4)28-20-11-19(23-21(26)24-20)27-13-18(25)22-12-17-9-15(6-2)8-16(7-3)10-17/h11,14-17H,5-10,12-13H2,1-4H3,(H,22,25)(H,23,24,26). The normalized spacial score (nSPS) is 23.1. The number of H-pyrrole nitrogens is 1. The molecule has 0 aliphatic heterocycles. The lowest BCUT2D eigenvalue weighted by Gasteiger charge is -2.34. The molecule has 1 amide bonds. The van der Waals surface area contributed by atoms with E-state index >= 15 is 0 Å². The summed E-state index contributed by atoms with van der Waals surface area (Å²) in [5, 5.41) is 2.97. The molecule has 0 bridgehead atoms. The van der Waals surface area contributed by atoms with E-state index in [4.69, 9.17) is 9.47 Å². The number of carbonyl (C=O) groups excluding carboxylic acids is 1. The van der Waals surface area contributed by atoms with Gasteiger partial charge in [-0.2, -0.15) is 4.98 Å². The summed E-state index contributed by atoms with van der Waals surface area (Å²) >= 11 is 0. The van der Waals surface area contributed by atoms with Gasteiger partial charge in [0.1, 0.15) is 0 Å². The van der Waals surface area contributed by atoms with Crippen molar-refractivity contribution in [1.29, 1.82) is 0 Å². The summed E-state index contributed by atoms with van der Waals surface area (Å²) in [4.78, 5) is 30.1. The number of ether oxygens (including phenoxy) is 2. The van der Waals surface area contributed by atoms with E-state index < -0.39 is 5.69 Å². The van der Waals surface area contributed by atoms with E-state index in [2.05, 4.69) is 29.1 Å². The summed E-state index contributed by atoms with van der Waals surface area (Å²) in [6, 6.07) is 1.50. The van der Waals surface area contributed by atoms with Crippen molar-refractivity contribution in [1.82, 2.24) is 15.3 Å². The Morgan fingerprint density at radius 1 is 1.21 bits per heavy atom. The summed E-state index contributed by atoms with van der Waals surface area (Å²) in [5.41, 5.74) is -0.561. The lowest BCUT2D eigenvalue weighted by Crippen LogP contribution is -2.36. The fourth-order valence-corrected chi connectivity index (χ4v) is 3.84. The summed E-state index contributed by atoms with van der Waals surface area (Å²) in [6.45, 7) is 8.91. The highest BCUT2D eigenvalue weighted by Gasteiger charge is 2.27. The van der Waals surface area contributed by atoms with E-state index in [9.17, 15) is 9.59 Å². The monoisotopic (exact) mass is 393 g/mol. The highest BCUT2D eigenvalue weighted by Crippen LogP contribution is 2.36. The largest absolute Gasteiger partial charge is 0.476 e. The van der Waals surface area contributed by atoms with E-state index in [-0.39, 0.29) is 24.5 Å². The Hall–Kier alpha value is -2.05. The molecular formula is C21H35N3O4. The van der Waals surface area contributed by atoms with Crippen molar-refractivity contribution in [2.75, 3.05) is 13.2 Å². The molecule has 2 N–H and O–H groups in total. The molecule has 3 unspecified atom stereocenters. The molecule has 28 heavy (non-hydrogen) atoms. The molecule has 1 aliphatic rings. The average molecular weight is 394 g/mol. The molecule has 158 valence electrons. The van der Waals surface area contributed by atoms with Gasteiger partial charge < -0.3 is 14.8 Å². The fraction of sp³-hybridized carbons (Fsp3) is 0.762. The van der Waals surface area contributed by atoms with Crippen LogP contribution in [0.3, 0.4) is 0 Å². The first-order valence-corrected chi connectivity index (χ1v) is 10.6. The Labute approximate surface area is 167 Å². The average Bonchev–Trinajstić information content (AvgIpc) is 2.69. The van der Waals surface area contributed by atoms with E-state index in [1.165, 1.54) is 38.2 Å². The SMILES string of the molecule is CCC1CC(CC)CC(CNC(=O)COc2cc(OC(C)CC)[nH]c(=O)n2)C1. The molecule has 0 aromatic carbocycles. The van der Waals surface area contributed by atoms with Crippen LogP contribution in [-0.2, 0) is 4.79 Å². The number of carbonyl (C=O) groups is 1. The predicted octanol–water partition coefficient (Wildman–Crippen LogP) is 3.29. The van der Waals surface area contributed by atoms with E-state index in [0.717, 1.165) is 18.3 Å². The van der Waals surface area contributed by atoms with Crippen molar-refractivity contribution in [3.05, 3.63) is 16.6 Å². The van der Waals surface area contributed by atoms with Gasteiger partial charge >= 0.3 is 5.69 Å². The Balaban J connectivity index is 1.81. The third-order valence-corrected chi connectivity index (χ3v) is 5.69. The van der Waals surface area contributed by atoms with Crippen LogP contribution in [0.15, 0.2) is 10.9 Å². The molecule has 7 heteroatoms. The minimum atomic E-state index is -0.561. The molecule has 1 aromatic heterocycles. The molecule has 1 saturated carbocycles. The summed E-state index contributed by atoms with van der Waals surface area (Å²) < 4.78 is 11.0. The first kappa shape index (κ1) is 22.2. The maximum absolute atomic E-state index is 12.2. The molecule has 1 fully saturated rings. The second kappa shape index (κ2) is 11.1. The Morgan fingerprint density at radius 3 is 2.46 bits per heavy atom. The van der Waals surface area contributed by atoms with Crippen LogP contribution in [0, 0.1) is 17.8 Å². The molecule has 1 heterocycles. The van der Waals surface area contributed by atoms with Crippen LogP contribution in [0.1, 0.15) is 66.2 Å². The van der Waals surface area contributed by atoms with E-state index in [0.29, 0.717) is 18.3 Å². The van der Waals surface area contributed by atoms with Gasteiger partial charge in [-0.25, -0.2) is 4.79 Å². The number of aromatic amines is 1. The third-order valence-electron chi connectivity index (χ3n) is 5.69. The topological polar surface area (TPSA) is 93.3 Å². The second-order valence-electron chi connectivity index (χ2n) is 7.94. The molecule has 0 saturated heterocycles. The number of hydrogen-bond donors (Lipinski definition) is 2. The third kappa shape index (κ3) is 7.17. The summed E-state index contributed by atoms with van der Waals surface area (Å²) in [6.07, 6.45) is 6.86. The van der Waals surface area contributed by atoms with Crippen molar-refractivity contribution in [2.24, 2.45) is 17.8 Å². The molecule has 0 spiro atoms. The van der Waals surface area contributed by atoms with Crippen LogP contribution < -0.4 is 20.5 Å². The van der Waals surface area contributed by atoms with Crippen LogP contribution in [0.5, 0.6) is 11.8 Å². The van der Waals surface area contributed by atoms with Gasteiger partial charge in [-0.3, -0.25) is 9.78 Å². The van der Waals surface area contributed by atoms with Gasteiger partial charge in [-0.05, 0) is 50.4 Å². The molecule has 1 aromatic rings. The van der Waals surface area contributed by atoms with Crippen molar-refractivity contribution in [3.8, 4) is 11.8 Å². The number of amides is 1. The van der Waals surface area contributed by atoms with Gasteiger partial charge in [-0.15, -0.1) is 0 Å². The minimum absolute atomic E-state index is 0.0383. The van der Waals surface area contributed by atoms with Crippen molar-refractivity contribution < 1.29 is 14.3 Å². The van der Waals surface area contributed by atoms with Gasteiger partial charge in [-0.1, -0.05) is 33.6 Å². The molecule has 3 atom stereocenters. The number of hydrogen-bond acceptors (Lipinski definition) is 5. The van der Waals surface area contributed by atoms with Crippen LogP contribution in [0.4, 0.5) is 0 Å². The molecule has 1 aliphatic carbocycles. The fourth-order valence-electron chi connectivity index (χ4n) is 3.84. The maximum atomic E-state index is 12.2. The Morgan fingerprint density at radius 2 is 1.86 bits per heavy atom. The smallest absolute Gasteiger partial charge is 0.351 e. The summed E-state index contributed by atoms with van der Waals surface area (Å²) in [7, 11) is 0. The number of nitrogens with zero attached hydrogens (tertiary/aromatic N) is 1. The highest BCUT2D eigenvalue weighted by atomic mass is 16.5. The number of aromatic nitrogens is 2. The van der Waals surface area contributed by atoms with Crippen LogP contribution in [0.2, 0.25) is 0 Å². The molecule has 0 radical (unpaired) electrons. The van der Waals surface area contributed by atoms with Crippen molar-refractivity contribution in [3.63, 3.8) is 0 Å². The quantitative estimate of drug-likeness (QED) is 0.636.